The number of hydrogen-bond donors (Lipinski definition) is 3. The lowest BCUT2D eigenvalue weighted by Gasteiger charge is -2.12. The average molecular weight is 420 g/mol. The Labute approximate surface area is 165 Å². The fraction of sp³-hybridized carbons (Fsp3) is 0.0588. The van der Waals surface area contributed by atoms with Gasteiger partial charge < -0.3 is 20.1 Å². The van der Waals surface area contributed by atoms with Crippen LogP contribution in [-0.2, 0) is 10.0 Å². The van der Waals surface area contributed by atoms with Crippen molar-refractivity contribution in [1.82, 2.24) is 9.97 Å². The number of ether oxygens (including phenoxy) is 2. The number of halogens is 1. The Morgan fingerprint density at radius 1 is 1.07 bits per heavy atom. The second-order valence-corrected chi connectivity index (χ2v) is 7.65. The first-order valence-corrected chi connectivity index (χ1v) is 9.91. The van der Waals surface area contributed by atoms with Gasteiger partial charge >= 0.3 is 0 Å². The van der Waals surface area contributed by atoms with Crippen molar-refractivity contribution in [2.75, 3.05) is 17.4 Å². The lowest BCUT2D eigenvalue weighted by atomic mass is 10.2. The van der Waals surface area contributed by atoms with Crippen LogP contribution >= 0.6 is 11.6 Å². The standard InChI is InChI=1S/C17H14ClN5O4S/c18-10-5-6-12-16(27-9-26-12)15(10)22-14-7-8-20-17(23-14)21-11-3-1-2-4-13(11)28(19,24)25/h1-8H,9H2,(H2,19,24,25)(H2,20,21,22,23). The average Bonchev–Trinajstić information content (AvgIpc) is 3.13. The van der Waals surface area contributed by atoms with Crippen molar-refractivity contribution in [3.05, 3.63) is 53.7 Å². The molecule has 2 heterocycles. The summed E-state index contributed by atoms with van der Waals surface area (Å²) in [6.45, 7) is 0.102. The SMILES string of the molecule is NS(=O)(=O)c1ccccc1Nc1nccc(Nc2c(Cl)ccc3c2OCO3)n1. The maximum atomic E-state index is 11.7. The highest BCUT2D eigenvalue weighted by Gasteiger charge is 2.21. The summed E-state index contributed by atoms with van der Waals surface area (Å²) in [7, 11) is -3.91. The molecule has 144 valence electrons. The number of nitrogens with one attached hydrogen (secondary N) is 2. The molecule has 0 atom stereocenters. The molecule has 4 N–H and O–H groups in total. The second kappa shape index (κ2) is 7.15. The summed E-state index contributed by atoms with van der Waals surface area (Å²) in [6, 6.07) is 11.2. The zero-order valence-corrected chi connectivity index (χ0v) is 15.8. The first-order chi connectivity index (χ1) is 13.4. The van der Waals surface area contributed by atoms with Gasteiger partial charge in [-0.25, -0.2) is 18.5 Å². The zero-order valence-electron chi connectivity index (χ0n) is 14.2. The van der Waals surface area contributed by atoms with Crippen molar-refractivity contribution >= 4 is 44.8 Å². The lowest BCUT2D eigenvalue weighted by molar-refractivity contribution is 0.174. The summed E-state index contributed by atoms with van der Waals surface area (Å²) in [5, 5.41) is 11.6. The smallest absolute Gasteiger partial charge is 0.240 e. The molecule has 4 rings (SSSR count). The van der Waals surface area contributed by atoms with Crippen LogP contribution < -0.4 is 25.2 Å². The predicted octanol–water partition coefficient (Wildman–Crippen LogP) is 2.99. The second-order valence-electron chi connectivity index (χ2n) is 5.71. The van der Waals surface area contributed by atoms with Gasteiger partial charge in [-0.05, 0) is 30.3 Å². The highest BCUT2D eigenvalue weighted by atomic mass is 35.5. The minimum atomic E-state index is -3.91. The maximum Gasteiger partial charge on any atom is 0.240 e. The van der Waals surface area contributed by atoms with Crippen LogP contribution in [0.3, 0.4) is 0 Å². The molecule has 9 nitrogen and oxygen atoms in total. The molecule has 0 unspecified atom stereocenters. The zero-order chi connectivity index (χ0) is 19.7. The number of benzene rings is 2. The van der Waals surface area contributed by atoms with Crippen molar-refractivity contribution in [3.8, 4) is 11.5 Å². The van der Waals surface area contributed by atoms with Crippen LogP contribution in [0.2, 0.25) is 5.02 Å². The molecular weight excluding hydrogens is 406 g/mol. The van der Waals surface area contributed by atoms with Crippen molar-refractivity contribution in [1.29, 1.82) is 0 Å². The van der Waals surface area contributed by atoms with Gasteiger partial charge in [0.25, 0.3) is 0 Å². The fourth-order valence-electron chi connectivity index (χ4n) is 2.62. The molecule has 0 fully saturated rings. The summed E-state index contributed by atoms with van der Waals surface area (Å²) in [4.78, 5) is 8.37. The quantitative estimate of drug-likeness (QED) is 0.575. The Kier molecular flexibility index (Phi) is 4.67. The van der Waals surface area contributed by atoms with Gasteiger partial charge in [0.2, 0.25) is 22.8 Å². The number of fused-ring (bicyclic) bond motifs is 1. The molecule has 0 amide bonds. The summed E-state index contributed by atoms with van der Waals surface area (Å²) in [6.07, 6.45) is 1.51. The van der Waals surface area contributed by atoms with E-state index in [0.717, 1.165) is 0 Å². The van der Waals surface area contributed by atoms with Gasteiger partial charge in [0.1, 0.15) is 16.4 Å². The number of anilines is 4. The van der Waals surface area contributed by atoms with Gasteiger partial charge in [-0.15, -0.1) is 0 Å². The van der Waals surface area contributed by atoms with E-state index in [1.165, 1.54) is 12.3 Å². The van der Waals surface area contributed by atoms with E-state index in [9.17, 15) is 8.42 Å². The fourth-order valence-corrected chi connectivity index (χ4v) is 3.51. The molecule has 0 aliphatic carbocycles. The van der Waals surface area contributed by atoms with Gasteiger partial charge in [-0.3, -0.25) is 0 Å². The Morgan fingerprint density at radius 2 is 1.89 bits per heavy atom. The molecule has 1 aromatic heterocycles. The number of primary sulfonamides is 1. The Balaban J connectivity index is 1.63. The number of sulfonamides is 1. The predicted molar refractivity (Wildman–Crippen MR) is 104 cm³/mol. The number of rotatable bonds is 5. The largest absolute Gasteiger partial charge is 0.454 e. The summed E-state index contributed by atoms with van der Waals surface area (Å²) >= 11 is 6.26. The van der Waals surface area contributed by atoms with Crippen LogP contribution in [0.25, 0.3) is 0 Å². The van der Waals surface area contributed by atoms with E-state index < -0.39 is 10.0 Å². The van der Waals surface area contributed by atoms with Crippen LogP contribution in [0.4, 0.5) is 23.1 Å². The third-order valence-electron chi connectivity index (χ3n) is 3.84. The van der Waals surface area contributed by atoms with E-state index in [-0.39, 0.29) is 23.3 Å². The molecule has 1 aliphatic heterocycles. The third-order valence-corrected chi connectivity index (χ3v) is 5.12. The highest BCUT2D eigenvalue weighted by molar-refractivity contribution is 7.89. The topological polar surface area (TPSA) is 128 Å². The highest BCUT2D eigenvalue weighted by Crippen LogP contribution is 2.44. The summed E-state index contributed by atoms with van der Waals surface area (Å²) in [5.41, 5.74) is 0.767. The van der Waals surface area contributed by atoms with Crippen LogP contribution in [0.15, 0.2) is 53.6 Å². The van der Waals surface area contributed by atoms with Gasteiger partial charge in [-0.1, -0.05) is 23.7 Å². The maximum absolute atomic E-state index is 11.7. The molecule has 0 spiro atoms. The van der Waals surface area contributed by atoms with E-state index in [1.807, 2.05) is 0 Å². The molecule has 1 aliphatic rings. The van der Waals surface area contributed by atoms with Crippen LogP contribution in [0.5, 0.6) is 11.5 Å². The number of hydrogen-bond acceptors (Lipinski definition) is 8. The molecule has 2 aromatic carbocycles. The molecule has 0 saturated heterocycles. The minimum Gasteiger partial charge on any atom is -0.454 e. The first kappa shape index (κ1) is 18.3. The van der Waals surface area contributed by atoms with Crippen LogP contribution in [0.1, 0.15) is 0 Å². The van der Waals surface area contributed by atoms with Gasteiger partial charge in [0, 0.05) is 6.20 Å². The van der Waals surface area contributed by atoms with E-state index in [1.54, 1.807) is 36.4 Å². The van der Waals surface area contributed by atoms with Crippen LogP contribution in [0, 0.1) is 0 Å². The van der Waals surface area contributed by atoms with E-state index in [4.69, 9.17) is 26.2 Å². The number of aromatic nitrogens is 2. The summed E-state index contributed by atoms with van der Waals surface area (Å²) < 4.78 is 34.3. The number of para-hydroxylation sites is 1. The molecular formula is C17H14ClN5O4S. The molecule has 0 saturated carbocycles. The minimum absolute atomic E-state index is 0.0635. The summed E-state index contributed by atoms with van der Waals surface area (Å²) in [5.74, 6) is 1.64. The molecule has 0 bridgehead atoms. The van der Waals surface area contributed by atoms with E-state index in [2.05, 4.69) is 20.6 Å². The third kappa shape index (κ3) is 3.65. The van der Waals surface area contributed by atoms with Crippen molar-refractivity contribution < 1.29 is 17.9 Å². The first-order valence-electron chi connectivity index (χ1n) is 7.99. The Morgan fingerprint density at radius 3 is 2.71 bits per heavy atom. The monoisotopic (exact) mass is 419 g/mol. The van der Waals surface area contributed by atoms with Crippen molar-refractivity contribution in [2.45, 2.75) is 4.90 Å². The van der Waals surface area contributed by atoms with Crippen molar-refractivity contribution in [3.63, 3.8) is 0 Å². The Bertz CT molecular complexity index is 1160. The van der Waals surface area contributed by atoms with Crippen LogP contribution in [-0.4, -0.2) is 25.2 Å². The lowest BCUT2D eigenvalue weighted by Crippen LogP contribution is -2.14. The molecule has 11 heteroatoms. The number of nitrogens with two attached hydrogens (primary N) is 1. The van der Waals surface area contributed by atoms with Gasteiger partial charge in [0.05, 0.1) is 10.7 Å². The molecule has 28 heavy (non-hydrogen) atoms. The van der Waals surface area contributed by atoms with E-state index in [0.29, 0.717) is 28.0 Å². The number of nitrogens with zero attached hydrogens (tertiary/aromatic N) is 2. The molecule has 3 aromatic rings. The Hall–Kier alpha value is -3.08. The molecule has 0 radical (unpaired) electrons. The van der Waals surface area contributed by atoms with Gasteiger partial charge in [0.15, 0.2) is 11.5 Å². The normalized spacial score (nSPS) is 12.6. The van der Waals surface area contributed by atoms with Gasteiger partial charge in [-0.2, -0.15) is 4.98 Å². The van der Waals surface area contributed by atoms with Crippen molar-refractivity contribution in [2.24, 2.45) is 5.14 Å². The van der Waals surface area contributed by atoms with E-state index >= 15 is 0 Å².